The first-order valence-corrected chi connectivity index (χ1v) is 11.3. The number of rotatable bonds is 10. The Balaban J connectivity index is 3.10. The van der Waals surface area contributed by atoms with Crippen molar-refractivity contribution in [1.82, 2.24) is 20.0 Å². The van der Waals surface area contributed by atoms with Gasteiger partial charge >= 0.3 is 0 Å². The average molecular weight is 439 g/mol. The van der Waals surface area contributed by atoms with E-state index in [2.05, 4.69) is 5.32 Å². The molecule has 0 unspecified atom stereocenters. The first-order valence-electron chi connectivity index (χ1n) is 11.3. The third kappa shape index (κ3) is 6.51. The van der Waals surface area contributed by atoms with Gasteiger partial charge in [-0.3, -0.25) is 19.3 Å². The summed E-state index contributed by atoms with van der Waals surface area (Å²) in [7, 11) is 5.30. The van der Waals surface area contributed by atoms with Gasteiger partial charge in [0.2, 0.25) is 17.7 Å². The van der Waals surface area contributed by atoms with E-state index in [1.54, 1.807) is 11.9 Å². The van der Waals surface area contributed by atoms with Crippen LogP contribution in [0.2, 0.25) is 0 Å². The predicted octanol–water partition coefficient (Wildman–Crippen LogP) is 1.39. The molecule has 1 N–H and O–H groups in total. The van der Waals surface area contributed by atoms with Crippen molar-refractivity contribution in [3.63, 3.8) is 0 Å². The number of likely N-dealkylation sites (tertiary alicyclic amines) is 1. The lowest BCUT2D eigenvalue weighted by molar-refractivity contribution is -0.150. The van der Waals surface area contributed by atoms with Crippen LogP contribution in [-0.2, 0) is 19.2 Å². The Kier molecular flexibility index (Phi) is 10.1. The molecule has 0 bridgehead atoms. The van der Waals surface area contributed by atoms with Crippen molar-refractivity contribution in [3.8, 4) is 0 Å². The van der Waals surface area contributed by atoms with Gasteiger partial charge in [-0.1, -0.05) is 41.5 Å². The maximum absolute atomic E-state index is 13.5. The lowest BCUT2D eigenvalue weighted by Gasteiger charge is -2.37. The van der Waals surface area contributed by atoms with Crippen LogP contribution in [0.5, 0.6) is 0 Å². The van der Waals surface area contributed by atoms with Crippen LogP contribution in [0.15, 0.2) is 0 Å². The van der Waals surface area contributed by atoms with Crippen molar-refractivity contribution in [2.24, 2.45) is 17.8 Å². The summed E-state index contributed by atoms with van der Waals surface area (Å²) in [5.41, 5.74) is 0. The Morgan fingerprint density at radius 3 is 1.90 bits per heavy atom. The topological polar surface area (TPSA) is 90.0 Å². The van der Waals surface area contributed by atoms with Gasteiger partial charge in [-0.25, -0.2) is 0 Å². The quantitative estimate of drug-likeness (QED) is 0.521. The van der Waals surface area contributed by atoms with Crippen LogP contribution in [0.1, 0.15) is 54.4 Å². The Hall–Kier alpha value is -1.96. The first kappa shape index (κ1) is 27.1. The second-order valence-corrected chi connectivity index (χ2v) is 9.90. The summed E-state index contributed by atoms with van der Waals surface area (Å²) in [6.45, 7) is 12.0. The lowest BCUT2D eigenvalue weighted by atomic mass is 9.96. The van der Waals surface area contributed by atoms with Gasteiger partial charge in [-0.05, 0) is 44.7 Å². The number of likely N-dealkylation sites (N-methyl/N-ethyl adjacent to an activating group) is 2. The minimum atomic E-state index is -0.742. The minimum absolute atomic E-state index is 0.0797. The third-order valence-electron chi connectivity index (χ3n) is 6.08. The highest BCUT2D eigenvalue weighted by atomic mass is 16.2. The molecule has 178 valence electrons. The molecule has 0 aromatic heterocycles. The predicted molar refractivity (Wildman–Crippen MR) is 121 cm³/mol. The van der Waals surface area contributed by atoms with Crippen LogP contribution in [-0.4, -0.2) is 90.6 Å². The Labute approximate surface area is 187 Å². The number of nitrogens with zero attached hydrogens (tertiary/aromatic N) is 3. The fourth-order valence-electron chi connectivity index (χ4n) is 4.52. The molecular formula is C23H42N4O4. The largest absolute Gasteiger partial charge is 0.343 e. The SMILES string of the molecule is CC(C)[C@H](NC(=O)[C@H](C(C)C)N(C)C)C(=O)N(C)[C@H](C(=O)N1CCC[C@H]1C=O)C(C)C. The van der Waals surface area contributed by atoms with Crippen LogP contribution < -0.4 is 5.32 Å². The van der Waals surface area contributed by atoms with Crippen molar-refractivity contribution < 1.29 is 19.2 Å². The Bertz CT molecular complexity index is 639. The maximum Gasteiger partial charge on any atom is 0.246 e. The summed E-state index contributed by atoms with van der Waals surface area (Å²) < 4.78 is 0. The molecule has 0 saturated carbocycles. The summed E-state index contributed by atoms with van der Waals surface area (Å²) in [5, 5.41) is 2.93. The van der Waals surface area contributed by atoms with Crippen molar-refractivity contribution >= 4 is 24.0 Å². The van der Waals surface area contributed by atoms with Crippen molar-refractivity contribution in [1.29, 1.82) is 0 Å². The normalized spacial score (nSPS) is 19.6. The number of aldehydes is 1. The van der Waals surface area contributed by atoms with Crippen molar-refractivity contribution in [2.75, 3.05) is 27.7 Å². The van der Waals surface area contributed by atoms with E-state index in [-0.39, 0.29) is 41.5 Å². The number of nitrogens with one attached hydrogen (secondary N) is 1. The van der Waals surface area contributed by atoms with E-state index < -0.39 is 18.1 Å². The van der Waals surface area contributed by atoms with E-state index in [9.17, 15) is 19.2 Å². The highest BCUT2D eigenvalue weighted by Crippen LogP contribution is 2.22. The molecule has 1 heterocycles. The Morgan fingerprint density at radius 1 is 0.935 bits per heavy atom. The van der Waals surface area contributed by atoms with Gasteiger partial charge in [0.15, 0.2) is 0 Å². The van der Waals surface area contributed by atoms with Crippen molar-refractivity contribution in [2.45, 2.75) is 78.6 Å². The van der Waals surface area contributed by atoms with E-state index in [4.69, 9.17) is 0 Å². The number of hydrogen-bond acceptors (Lipinski definition) is 5. The average Bonchev–Trinajstić information content (AvgIpc) is 3.13. The fraction of sp³-hybridized carbons (Fsp3) is 0.826. The van der Waals surface area contributed by atoms with E-state index in [1.165, 1.54) is 4.90 Å². The summed E-state index contributed by atoms with van der Waals surface area (Å²) in [6, 6.07) is -2.22. The van der Waals surface area contributed by atoms with Crippen LogP contribution in [0.3, 0.4) is 0 Å². The standard InChI is InChI=1S/C23H42N4O4/c1-14(2)18(24-21(29)19(15(3)4)25(7)8)22(30)26(9)20(16(5)6)23(31)27-12-10-11-17(27)13-28/h13-20H,10-12H2,1-9H3,(H,24,29)/t17-,18-,19-,20-/m0/s1. The maximum atomic E-state index is 13.5. The fourth-order valence-corrected chi connectivity index (χ4v) is 4.52. The smallest absolute Gasteiger partial charge is 0.246 e. The molecule has 0 aliphatic carbocycles. The number of carbonyl (C=O) groups is 4. The molecule has 1 saturated heterocycles. The number of hydrogen-bond donors (Lipinski definition) is 1. The van der Waals surface area contributed by atoms with Gasteiger partial charge in [-0.2, -0.15) is 0 Å². The summed E-state index contributed by atoms with van der Waals surface area (Å²) >= 11 is 0. The second kappa shape index (κ2) is 11.6. The molecule has 1 fully saturated rings. The zero-order valence-electron chi connectivity index (χ0n) is 20.7. The molecule has 0 radical (unpaired) electrons. The van der Waals surface area contributed by atoms with Gasteiger partial charge in [0.1, 0.15) is 18.4 Å². The van der Waals surface area contributed by atoms with E-state index in [1.807, 2.05) is 60.5 Å². The minimum Gasteiger partial charge on any atom is -0.343 e. The monoisotopic (exact) mass is 438 g/mol. The lowest BCUT2D eigenvalue weighted by Crippen LogP contribution is -2.60. The van der Waals surface area contributed by atoms with Gasteiger partial charge in [0, 0.05) is 13.6 Å². The van der Waals surface area contributed by atoms with Gasteiger partial charge in [0.05, 0.1) is 12.1 Å². The number of amides is 3. The van der Waals surface area contributed by atoms with Gasteiger partial charge in [-0.15, -0.1) is 0 Å². The number of carbonyl (C=O) groups excluding carboxylic acids is 4. The van der Waals surface area contributed by atoms with Gasteiger partial charge in [0.25, 0.3) is 0 Å². The van der Waals surface area contributed by atoms with Crippen LogP contribution in [0.4, 0.5) is 0 Å². The summed E-state index contributed by atoms with van der Waals surface area (Å²) in [5.74, 6) is -0.903. The van der Waals surface area contributed by atoms with E-state index in [0.717, 1.165) is 12.7 Å². The molecular weight excluding hydrogens is 396 g/mol. The highest BCUT2D eigenvalue weighted by Gasteiger charge is 2.40. The summed E-state index contributed by atoms with van der Waals surface area (Å²) in [6.07, 6.45) is 2.25. The molecule has 8 heteroatoms. The third-order valence-corrected chi connectivity index (χ3v) is 6.08. The molecule has 1 aliphatic rings. The Morgan fingerprint density at radius 2 is 1.48 bits per heavy atom. The zero-order valence-corrected chi connectivity index (χ0v) is 20.7. The van der Waals surface area contributed by atoms with Crippen molar-refractivity contribution in [3.05, 3.63) is 0 Å². The molecule has 8 nitrogen and oxygen atoms in total. The van der Waals surface area contributed by atoms with E-state index >= 15 is 0 Å². The van der Waals surface area contributed by atoms with Crippen LogP contribution in [0.25, 0.3) is 0 Å². The first-order chi connectivity index (χ1) is 14.3. The van der Waals surface area contributed by atoms with Crippen LogP contribution in [0, 0.1) is 17.8 Å². The molecule has 0 aromatic rings. The zero-order chi connectivity index (χ0) is 24.0. The van der Waals surface area contributed by atoms with Gasteiger partial charge < -0.3 is 19.9 Å². The molecule has 31 heavy (non-hydrogen) atoms. The molecule has 4 atom stereocenters. The molecule has 0 spiro atoms. The second-order valence-electron chi connectivity index (χ2n) is 9.90. The molecule has 1 rings (SSSR count). The summed E-state index contributed by atoms with van der Waals surface area (Å²) in [4.78, 5) is 56.0. The molecule has 0 aromatic carbocycles. The van der Waals surface area contributed by atoms with E-state index in [0.29, 0.717) is 13.0 Å². The highest BCUT2D eigenvalue weighted by molar-refractivity contribution is 5.94. The molecule has 3 amide bonds. The van der Waals surface area contributed by atoms with Crippen LogP contribution >= 0.6 is 0 Å². The molecule has 1 aliphatic heterocycles.